The number of esters is 1. The summed E-state index contributed by atoms with van der Waals surface area (Å²) >= 11 is 0. The monoisotopic (exact) mass is 426 g/mol. The molecular formula is C15H31IN4O2. The number of halogens is 1. The van der Waals surface area contributed by atoms with Crippen LogP contribution in [-0.2, 0) is 9.53 Å². The first-order valence-electron chi connectivity index (χ1n) is 7.57. The van der Waals surface area contributed by atoms with Crippen LogP contribution in [0.5, 0.6) is 0 Å². The van der Waals surface area contributed by atoms with Gasteiger partial charge in [0, 0.05) is 38.8 Å². The second-order valence-electron chi connectivity index (χ2n) is 6.66. The zero-order valence-electron chi connectivity index (χ0n) is 14.6. The van der Waals surface area contributed by atoms with Crippen LogP contribution in [0.1, 0.15) is 27.7 Å². The van der Waals surface area contributed by atoms with Crippen molar-refractivity contribution < 1.29 is 9.53 Å². The van der Waals surface area contributed by atoms with Gasteiger partial charge in [-0.1, -0.05) is 6.92 Å². The predicted octanol–water partition coefficient (Wildman–Crippen LogP) is 1.31. The summed E-state index contributed by atoms with van der Waals surface area (Å²) < 4.78 is 4.87. The molecule has 1 aliphatic rings. The van der Waals surface area contributed by atoms with Gasteiger partial charge in [-0.25, -0.2) is 0 Å². The minimum absolute atomic E-state index is 0. The maximum atomic E-state index is 11.7. The molecule has 0 bridgehead atoms. The van der Waals surface area contributed by atoms with Gasteiger partial charge in [-0.2, -0.15) is 0 Å². The number of methoxy groups -OCH3 is 1. The van der Waals surface area contributed by atoms with E-state index in [4.69, 9.17) is 4.74 Å². The Morgan fingerprint density at radius 2 is 1.95 bits per heavy atom. The van der Waals surface area contributed by atoms with Crippen molar-refractivity contribution in [2.24, 2.45) is 16.8 Å². The van der Waals surface area contributed by atoms with Crippen LogP contribution < -0.4 is 10.6 Å². The number of carbonyl (C=O) groups excluding carboxylic acids is 1. The molecule has 7 heteroatoms. The van der Waals surface area contributed by atoms with Gasteiger partial charge in [-0.15, -0.1) is 24.0 Å². The lowest BCUT2D eigenvalue weighted by molar-refractivity contribution is -0.145. The lowest BCUT2D eigenvalue weighted by Gasteiger charge is -2.24. The number of hydrogen-bond donors (Lipinski definition) is 2. The number of ether oxygens (including phenoxy) is 1. The van der Waals surface area contributed by atoms with Crippen molar-refractivity contribution in [3.63, 3.8) is 0 Å². The van der Waals surface area contributed by atoms with E-state index in [0.29, 0.717) is 6.54 Å². The van der Waals surface area contributed by atoms with Crippen molar-refractivity contribution in [2.75, 3.05) is 40.3 Å². The highest BCUT2D eigenvalue weighted by molar-refractivity contribution is 14.0. The van der Waals surface area contributed by atoms with Crippen LogP contribution in [0.3, 0.4) is 0 Å². The SMILES string of the molecule is CN=C(NCCNC(C)(C)C)N1CC(C)C(C(=O)OC)C1.I. The Hall–Kier alpha value is -0.570. The molecule has 0 amide bonds. The number of likely N-dealkylation sites (tertiary alicyclic amines) is 1. The smallest absolute Gasteiger partial charge is 0.310 e. The normalized spacial score (nSPS) is 22.3. The zero-order valence-corrected chi connectivity index (χ0v) is 16.9. The van der Waals surface area contributed by atoms with Gasteiger partial charge in [0.15, 0.2) is 5.96 Å². The molecule has 1 fully saturated rings. The number of carbonyl (C=O) groups is 1. The van der Waals surface area contributed by atoms with Gasteiger partial charge in [0.25, 0.3) is 0 Å². The minimum Gasteiger partial charge on any atom is -0.469 e. The summed E-state index contributed by atoms with van der Waals surface area (Å²) in [5, 5.41) is 6.77. The average molecular weight is 426 g/mol. The molecule has 1 saturated heterocycles. The van der Waals surface area contributed by atoms with Gasteiger partial charge in [-0.05, 0) is 26.7 Å². The molecule has 0 aromatic heterocycles. The molecule has 2 N–H and O–H groups in total. The summed E-state index contributed by atoms with van der Waals surface area (Å²) in [5.41, 5.74) is 0.114. The molecule has 1 rings (SSSR count). The van der Waals surface area contributed by atoms with Crippen molar-refractivity contribution in [1.29, 1.82) is 0 Å². The Labute approximate surface area is 151 Å². The molecule has 0 aromatic rings. The summed E-state index contributed by atoms with van der Waals surface area (Å²) in [6.07, 6.45) is 0. The van der Waals surface area contributed by atoms with E-state index in [-0.39, 0.29) is 47.3 Å². The summed E-state index contributed by atoms with van der Waals surface area (Å²) in [5.74, 6) is 0.934. The second-order valence-corrected chi connectivity index (χ2v) is 6.66. The highest BCUT2D eigenvalue weighted by Crippen LogP contribution is 2.23. The van der Waals surface area contributed by atoms with Crippen molar-refractivity contribution in [3.8, 4) is 0 Å². The number of aliphatic imine (C=N–C) groups is 1. The lowest BCUT2D eigenvalue weighted by atomic mass is 9.99. The Morgan fingerprint density at radius 1 is 1.32 bits per heavy atom. The molecule has 1 aliphatic heterocycles. The molecule has 2 atom stereocenters. The van der Waals surface area contributed by atoms with Gasteiger partial charge < -0.3 is 20.3 Å². The molecule has 0 radical (unpaired) electrons. The highest BCUT2D eigenvalue weighted by Gasteiger charge is 2.36. The molecule has 0 spiro atoms. The van der Waals surface area contributed by atoms with Crippen LogP contribution in [-0.4, -0.2) is 62.7 Å². The largest absolute Gasteiger partial charge is 0.469 e. The molecule has 0 saturated carbocycles. The molecule has 22 heavy (non-hydrogen) atoms. The molecule has 0 aromatic carbocycles. The number of hydrogen-bond acceptors (Lipinski definition) is 4. The number of rotatable bonds is 4. The van der Waals surface area contributed by atoms with Gasteiger partial charge in [0.1, 0.15) is 0 Å². The summed E-state index contributed by atoms with van der Waals surface area (Å²) in [6, 6.07) is 0. The van der Waals surface area contributed by atoms with Crippen LogP contribution in [0, 0.1) is 11.8 Å². The van der Waals surface area contributed by atoms with Gasteiger partial charge in [0.2, 0.25) is 0 Å². The van der Waals surface area contributed by atoms with Gasteiger partial charge >= 0.3 is 5.97 Å². The Balaban J connectivity index is 0.00000441. The Kier molecular flexibility index (Phi) is 9.30. The predicted molar refractivity (Wildman–Crippen MR) is 101 cm³/mol. The van der Waals surface area contributed by atoms with E-state index in [9.17, 15) is 4.79 Å². The maximum Gasteiger partial charge on any atom is 0.310 e. The van der Waals surface area contributed by atoms with E-state index in [0.717, 1.165) is 25.6 Å². The number of nitrogens with zero attached hydrogens (tertiary/aromatic N) is 2. The zero-order chi connectivity index (χ0) is 16.0. The van der Waals surface area contributed by atoms with Crippen molar-refractivity contribution in [3.05, 3.63) is 0 Å². The van der Waals surface area contributed by atoms with E-state index < -0.39 is 0 Å². The third-order valence-electron chi connectivity index (χ3n) is 3.69. The molecule has 130 valence electrons. The van der Waals surface area contributed by atoms with Gasteiger partial charge in [0.05, 0.1) is 13.0 Å². The fraction of sp³-hybridized carbons (Fsp3) is 0.867. The van der Waals surface area contributed by atoms with Crippen molar-refractivity contribution >= 4 is 35.9 Å². The van der Waals surface area contributed by atoms with Crippen molar-refractivity contribution in [1.82, 2.24) is 15.5 Å². The fourth-order valence-corrected chi connectivity index (χ4v) is 2.54. The topological polar surface area (TPSA) is 66.0 Å². The summed E-state index contributed by atoms with van der Waals surface area (Å²) in [7, 11) is 3.22. The third-order valence-corrected chi connectivity index (χ3v) is 3.69. The minimum atomic E-state index is -0.130. The Bertz CT molecular complexity index is 382. The molecule has 1 heterocycles. The lowest BCUT2D eigenvalue weighted by Crippen LogP contribution is -2.45. The van der Waals surface area contributed by atoms with Crippen LogP contribution in [0.2, 0.25) is 0 Å². The van der Waals surface area contributed by atoms with E-state index in [1.54, 1.807) is 7.05 Å². The quantitative estimate of drug-likeness (QED) is 0.233. The summed E-state index contributed by atoms with van der Waals surface area (Å²) in [6.45, 7) is 11.7. The Morgan fingerprint density at radius 3 is 2.45 bits per heavy atom. The standard InChI is InChI=1S/C15H30N4O2.HI/c1-11-9-19(10-12(11)13(20)21-6)14(16-5)17-7-8-18-15(2,3)4;/h11-12,18H,7-10H2,1-6H3,(H,16,17);1H. The van der Waals surface area contributed by atoms with E-state index >= 15 is 0 Å². The number of guanidine groups is 1. The van der Waals surface area contributed by atoms with Crippen LogP contribution in [0.4, 0.5) is 0 Å². The average Bonchev–Trinajstić information content (AvgIpc) is 2.78. The van der Waals surface area contributed by atoms with Crippen LogP contribution >= 0.6 is 24.0 Å². The first kappa shape index (κ1) is 21.4. The van der Waals surface area contributed by atoms with Crippen LogP contribution in [0.25, 0.3) is 0 Å². The second kappa shape index (κ2) is 9.54. The third kappa shape index (κ3) is 6.68. The molecule has 6 nitrogen and oxygen atoms in total. The maximum absolute atomic E-state index is 11.7. The van der Waals surface area contributed by atoms with E-state index in [1.165, 1.54) is 7.11 Å². The fourth-order valence-electron chi connectivity index (χ4n) is 2.54. The molecule has 2 unspecified atom stereocenters. The van der Waals surface area contributed by atoms with E-state index in [2.05, 4.69) is 48.2 Å². The first-order valence-corrected chi connectivity index (χ1v) is 7.57. The van der Waals surface area contributed by atoms with Crippen molar-refractivity contribution in [2.45, 2.75) is 33.2 Å². The molecule has 0 aliphatic carbocycles. The highest BCUT2D eigenvalue weighted by atomic mass is 127. The number of nitrogens with one attached hydrogen (secondary N) is 2. The van der Waals surface area contributed by atoms with Gasteiger partial charge in [-0.3, -0.25) is 9.79 Å². The molecular weight excluding hydrogens is 395 g/mol. The van der Waals surface area contributed by atoms with E-state index in [1.807, 2.05) is 0 Å². The first-order chi connectivity index (χ1) is 9.78. The summed E-state index contributed by atoms with van der Waals surface area (Å²) in [4.78, 5) is 18.2. The van der Waals surface area contributed by atoms with Crippen LogP contribution in [0.15, 0.2) is 4.99 Å².